The summed E-state index contributed by atoms with van der Waals surface area (Å²) in [4.78, 5) is 6.58. The first-order chi connectivity index (χ1) is 8.30. The average Bonchev–Trinajstić information content (AvgIpc) is 2.33. The fraction of sp³-hybridized carbons (Fsp3) is 0.615. The molecule has 4 nitrogen and oxygen atoms in total. The molecule has 1 heterocycles. The first kappa shape index (κ1) is 13.9. The highest BCUT2D eigenvalue weighted by molar-refractivity contribution is 5.35. The lowest BCUT2D eigenvalue weighted by Crippen LogP contribution is -2.27. The molecule has 1 aromatic heterocycles. The summed E-state index contributed by atoms with van der Waals surface area (Å²) in [5.74, 6) is 0.917. The Morgan fingerprint density at radius 3 is 2.65 bits per heavy atom. The summed E-state index contributed by atoms with van der Waals surface area (Å²) >= 11 is 0. The van der Waals surface area contributed by atoms with Gasteiger partial charge in [-0.3, -0.25) is 4.90 Å². The van der Waals surface area contributed by atoms with Crippen molar-refractivity contribution in [2.24, 2.45) is 0 Å². The predicted molar refractivity (Wildman–Crippen MR) is 71.1 cm³/mol. The molecule has 96 valence electrons. The molecule has 1 aromatic rings. The van der Waals surface area contributed by atoms with Crippen LogP contribution in [0, 0.1) is 0 Å². The average molecular weight is 237 g/mol. The van der Waals surface area contributed by atoms with Crippen LogP contribution in [0.3, 0.4) is 0 Å². The van der Waals surface area contributed by atoms with Gasteiger partial charge in [0.1, 0.15) is 5.82 Å². The fourth-order valence-corrected chi connectivity index (χ4v) is 1.79. The number of anilines is 1. The van der Waals surface area contributed by atoms with Gasteiger partial charge in [0.15, 0.2) is 0 Å². The van der Waals surface area contributed by atoms with Crippen molar-refractivity contribution >= 4 is 5.82 Å². The highest BCUT2D eigenvalue weighted by Gasteiger charge is 2.04. The molecule has 2 N–H and O–H groups in total. The minimum atomic E-state index is 0.211. The Balaban J connectivity index is 2.53. The van der Waals surface area contributed by atoms with Crippen LogP contribution in [0.25, 0.3) is 0 Å². The summed E-state index contributed by atoms with van der Waals surface area (Å²) in [5, 5.41) is 12.2. The molecule has 0 aliphatic heterocycles. The van der Waals surface area contributed by atoms with Crippen molar-refractivity contribution in [1.29, 1.82) is 0 Å². The van der Waals surface area contributed by atoms with Crippen LogP contribution in [0.2, 0.25) is 0 Å². The van der Waals surface area contributed by atoms with Gasteiger partial charge in [-0.15, -0.1) is 0 Å². The molecule has 0 fully saturated rings. The molecular formula is C13H23N3O. The van der Waals surface area contributed by atoms with Gasteiger partial charge in [0.25, 0.3) is 0 Å². The van der Waals surface area contributed by atoms with E-state index in [1.165, 1.54) is 5.56 Å². The molecule has 0 radical (unpaired) electrons. The van der Waals surface area contributed by atoms with Crippen molar-refractivity contribution in [3.05, 3.63) is 23.9 Å². The number of nitrogens with one attached hydrogen (secondary N) is 1. The third-order valence-corrected chi connectivity index (χ3v) is 2.54. The number of aliphatic hydroxyl groups excluding tert-OH is 1. The number of hydrogen-bond donors (Lipinski definition) is 2. The Bertz CT molecular complexity index is 294. The van der Waals surface area contributed by atoms with E-state index in [9.17, 15) is 0 Å². The fourth-order valence-electron chi connectivity index (χ4n) is 1.79. The van der Waals surface area contributed by atoms with E-state index in [0.717, 1.165) is 38.4 Å². The van der Waals surface area contributed by atoms with Crippen LogP contribution in [0.5, 0.6) is 0 Å². The SMILES string of the molecule is CCCN(CCO)Cc1ccc(NCC)nc1. The maximum atomic E-state index is 8.99. The van der Waals surface area contributed by atoms with Crippen LogP contribution in [-0.4, -0.2) is 41.2 Å². The number of aliphatic hydroxyl groups is 1. The lowest BCUT2D eigenvalue weighted by Gasteiger charge is -2.20. The molecule has 17 heavy (non-hydrogen) atoms. The summed E-state index contributed by atoms with van der Waals surface area (Å²) in [6, 6.07) is 4.09. The number of pyridine rings is 1. The molecule has 0 saturated carbocycles. The normalized spacial score (nSPS) is 10.8. The van der Waals surface area contributed by atoms with E-state index in [1.807, 2.05) is 12.3 Å². The lowest BCUT2D eigenvalue weighted by atomic mass is 10.2. The number of hydrogen-bond acceptors (Lipinski definition) is 4. The maximum Gasteiger partial charge on any atom is 0.125 e. The Kier molecular flexibility index (Phi) is 6.58. The molecule has 0 atom stereocenters. The van der Waals surface area contributed by atoms with E-state index in [2.05, 4.69) is 35.1 Å². The Morgan fingerprint density at radius 2 is 2.12 bits per heavy atom. The maximum absolute atomic E-state index is 8.99. The quantitative estimate of drug-likeness (QED) is 0.723. The zero-order chi connectivity index (χ0) is 12.5. The molecule has 0 spiro atoms. The summed E-state index contributed by atoms with van der Waals surface area (Å²) in [7, 11) is 0. The minimum absolute atomic E-state index is 0.211. The van der Waals surface area contributed by atoms with Gasteiger partial charge in [0.05, 0.1) is 6.61 Å². The van der Waals surface area contributed by atoms with Gasteiger partial charge in [-0.2, -0.15) is 0 Å². The molecule has 0 aliphatic carbocycles. The largest absolute Gasteiger partial charge is 0.395 e. The predicted octanol–water partition coefficient (Wildman–Crippen LogP) is 1.72. The Morgan fingerprint density at radius 1 is 1.29 bits per heavy atom. The topological polar surface area (TPSA) is 48.4 Å². The van der Waals surface area contributed by atoms with Gasteiger partial charge >= 0.3 is 0 Å². The highest BCUT2D eigenvalue weighted by atomic mass is 16.3. The lowest BCUT2D eigenvalue weighted by molar-refractivity contribution is 0.190. The standard InChI is InChI=1S/C13H23N3O/c1-3-7-16(8-9-17)11-12-5-6-13(14-4-2)15-10-12/h5-6,10,17H,3-4,7-9,11H2,1-2H3,(H,14,15). The van der Waals surface area contributed by atoms with Gasteiger partial charge in [0, 0.05) is 25.8 Å². The van der Waals surface area contributed by atoms with Gasteiger partial charge in [0.2, 0.25) is 0 Å². The summed E-state index contributed by atoms with van der Waals surface area (Å²) < 4.78 is 0. The second-order valence-electron chi connectivity index (χ2n) is 4.08. The second kappa shape index (κ2) is 8.03. The Labute approximate surface area is 104 Å². The molecule has 4 heteroatoms. The van der Waals surface area contributed by atoms with Crippen LogP contribution in [-0.2, 0) is 6.54 Å². The van der Waals surface area contributed by atoms with Crippen LogP contribution >= 0.6 is 0 Å². The molecule has 0 saturated heterocycles. The van der Waals surface area contributed by atoms with E-state index in [4.69, 9.17) is 5.11 Å². The number of aromatic nitrogens is 1. The second-order valence-corrected chi connectivity index (χ2v) is 4.08. The van der Waals surface area contributed by atoms with Gasteiger partial charge < -0.3 is 10.4 Å². The van der Waals surface area contributed by atoms with Crippen molar-refractivity contribution < 1.29 is 5.11 Å². The Hall–Kier alpha value is -1.13. The smallest absolute Gasteiger partial charge is 0.125 e. The van der Waals surface area contributed by atoms with Gasteiger partial charge in [-0.25, -0.2) is 4.98 Å². The summed E-state index contributed by atoms with van der Waals surface area (Å²) in [5.41, 5.74) is 1.19. The molecule has 1 rings (SSSR count). The number of rotatable bonds is 8. The van der Waals surface area contributed by atoms with Crippen molar-refractivity contribution in [2.75, 3.05) is 31.6 Å². The van der Waals surface area contributed by atoms with Crippen LogP contribution in [0.4, 0.5) is 5.82 Å². The van der Waals surface area contributed by atoms with Crippen molar-refractivity contribution in [1.82, 2.24) is 9.88 Å². The zero-order valence-electron chi connectivity index (χ0n) is 10.8. The van der Waals surface area contributed by atoms with Crippen molar-refractivity contribution in [3.63, 3.8) is 0 Å². The van der Waals surface area contributed by atoms with Crippen LogP contribution < -0.4 is 5.32 Å². The first-order valence-corrected chi connectivity index (χ1v) is 6.32. The van der Waals surface area contributed by atoms with E-state index in [1.54, 1.807) is 0 Å². The minimum Gasteiger partial charge on any atom is -0.395 e. The molecule has 0 unspecified atom stereocenters. The van der Waals surface area contributed by atoms with Crippen LogP contribution in [0.1, 0.15) is 25.8 Å². The third-order valence-electron chi connectivity index (χ3n) is 2.54. The van der Waals surface area contributed by atoms with E-state index < -0.39 is 0 Å². The monoisotopic (exact) mass is 237 g/mol. The third kappa shape index (κ3) is 5.15. The first-order valence-electron chi connectivity index (χ1n) is 6.32. The molecule has 0 amide bonds. The molecule has 0 aliphatic rings. The van der Waals surface area contributed by atoms with Gasteiger partial charge in [-0.05, 0) is 31.5 Å². The molecular weight excluding hydrogens is 214 g/mol. The van der Waals surface area contributed by atoms with Crippen molar-refractivity contribution in [3.8, 4) is 0 Å². The van der Waals surface area contributed by atoms with Crippen molar-refractivity contribution in [2.45, 2.75) is 26.8 Å². The van der Waals surface area contributed by atoms with Crippen LogP contribution in [0.15, 0.2) is 18.3 Å². The summed E-state index contributed by atoms with van der Waals surface area (Å²) in [6.45, 7) is 7.89. The molecule has 0 aromatic carbocycles. The van der Waals surface area contributed by atoms with E-state index in [-0.39, 0.29) is 6.61 Å². The van der Waals surface area contributed by atoms with E-state index in [0.29, 0.717) is 0 Å². The number of nitrogens with zero attached hydrogens (tertiary/aromatic N) is 2. The zero-order valence-corrected chi connectivity index (χ0v) is 10.8. The summed E-state index contributed by atoms with van der Waals surface area (Å²) in [6.07, 6.45) is 3.00. The molecule has 0 bridgehead atoms. The van der Waals surface area contributed by atoms with E-state index >= 15 is 0 Å². The van der Waals surface area contributed by atoms with Gasteiger partial charge in [-0.1, -0.05) is 13.0 Å². The highest BCUT2D eigenvalue weighted by Crippen LogP contribution is 2.08.